The van der Waals surface area contributed by atoms with Crippen LogP contribution in [0.5, 0.6) is 0 Å². The lowest BCUT2D eigenvalue weighted by Gasteiger charge is -2.40. The summed E-state index contributed by atoms with van der Waals surface area (Å²) in [7, 11) is 0. The number of fused-ring (bicyclic) bond motifs is 3. The topological polar surface area (TPSA) is 107 Å². The van der Waals surface area contributed by atoms with Crippen LogP contribution in [0.2, 0.25) is 0 Å². The molecule has 2 amide bonds. The first-order valence-corrected chi connectivity index (χ1v) is 11.4. The van der Waals surface area contributed by atoms with Gasteiger partial charge in [0, 0.05) is 6.42 Å². The van der Waals surface area contributed by atoms with Crippen molar-refractivity contribution in [2.75, 3.05) is 0 Å². The predicted molar refractivity (Wildman–Crippen MR) is 127 cm³/mol. The molecule has 33 heavy (non-hydrogen) atoms. The summed E-state index contributed by atoms with van der Waals surface area (Å²) < 4.78 is 0. The number of carboxylic acid groups (broad SMARTS) is 1. The molecule has 1 fully saturated rings. The Balaban J connectivity index is 1.78. The lowest BCUT2D eigenvalue weighted by molar-refractivity contribution is -0.156. The lowest BCUT2D eigenvalue weighted by atomic mass is 9.87. The number of rotatable bonds is 5. The third-order valence-corrected chi connectivity index (χ3v) is 6.94. The maximum absolute atomic E-state index is 13.6. The molecule has 7 nitrogen and oxygen atoms in total. The minimum absolute atomic E-state index is 0.211. The van der Waals surface area contributed by atoms with E-state index in [9.17, 15) is 24.6 Å². The average Bonchev–Trinajstić information content (AvgIpc) is 2.93. The molecule has 0 spiro atoms. The van der Waals surface area contributed by atoms with Crippen LogP contribution in [-0.4, -0.2) is 55.9 Å². The summed E-state index contributed by atoms with van der Waals surface area (Å²) in [6.07, 6.45) is 0.780. The summed E-state index contributed by atoms with van der Waals surface area (Å²) in [6, 6.07) is 13.5. The van der Waals surface area contributed by atoms with Crippen molar-refractivity contribution in [3.05, 3.63) is 59.7 Å². The van der Waals surface area contributed by atoms with Gasteiger partial charge in [0.05, 0.1) is 12.1 Å². The Morgan fingerprint density at radius 2 is 1.85 bits per heavy atom. The van der Waals surface area contributed by atoms with Gasteiger partial charge in [0.1, 0.15) is 16.9 Å². The molecule has 4 atom stereocenters. The molecule has 0 saturated carbocycles. The van der Waals surface area contributed by atoms with Gasteiger partial charge in [-0.05, 0) is 54.5 Å². The second-order valence-electron chi connectivity index (χ2n) is 8.60. The van der Waals surface area contributed by atoms with Gasteiger partial charge in [-0.2, -0.15) is 0 Å². The number of amides is 2. The zero-order chi connectivity index (χ0) is 23.7. The summed E-state index contributed by atoms with van der Waals surface area (Å²) in [6.45, 7) is 1.39. The standard InChI is InChI=1S/C25H26N2O5S/c1-14(28)22(33)23(29)26-19-13-17-11-10-16(15-6-3-2-4-7-15)12-18(17)20-8-5-9-21(25(31)32)27(20)24(19)30/h2-4,6-7,10-12,14,19-21,28H,5,8-9,13H2,1H3,(H,26,29)(H,31,32)/t14-,19-,20+,21-/m0/s1. The maximum atomic E-state index is 13.6. The van der Waals surface area contributed by atoms with Crippen LogP contribution in [0.3, 0.4) is 0 Å². The van der Waals surface area contributed by atoms with Gasteiger partial charge in [-0.1, -0.05) is 54.7 Å². The number of nitrogens with one attached hydrogen (secondary N) is 1. The fraction of sp³-hybridized carbons (Fsp3) is 0.360. The van der Waals surface area contributed by atoms with Crippen LogP contribution >= 0.6 is 12.2 Å². The number of aliphatic hydroxyl groups excluding tert-OH is 1. The Labute approximate surface area is 197 Å². The Kier molecular flexibility index (Phi) is 6.58. The molecule has 172 valence electrons. The van der Waals surface area contributed by atoms with Gasteiger partial charge in [-0.3, -0.25) is 9.59 Å². The summed E-state index contributed by atoms with van der Waals surface area (Å²) in [5.41, 5.74) is 3.80. The molecule has 4 rings (SSSR count). The van der Waals surface area contributed by atoms with Crippen molar-refractivity contribution in [3.63, 3.8) is 0 Å². The highest BCUT2D eigenvalue weighted by molar-refractivity contribution is 7.82. The number of carbonyl (C=O) groups excluding carboxylic acids is 2. The molecule has 0 bridgehead atoms. The highest BCUT2D eigenvalue weighted by atomic mass is 32.1. The van der Waals surface area contributed by atoms with Crippen LogP contribution < -0.4 is 5.32 Å². The molecular formula is C25H26N2O5S. The van der Waals surface area contributed by atoms with Crippen molar-refractivity contribution in [1.29, 1.82) is 0 Å². The molecule has 0 radical (unpaired) electrons. The van der Waals surface area contributed by atoms with Crippen LogP contribution in [0.25, 0.3) is 11.1 Å². The van der Waals surface area contributed by atoms with Crippen molar-refractivity contribution < 1.29 is 24.6 Å². The summed E-state index contributed by atoms with van der Waals surface area (Å²) in [5, 5.41) is 22.2. The van der Waals surface area contributed by atoms with Gasteiger partial charge in [0.25, 0.3) is 5.91 Å². The van der Waals surface area contributed by atoms with E-state index in [4.69, 9.17) is 12.2 Å². The Morgan fingerprint density at radius 3 is 2.52 bits per heavy atom. The first-order valence-electron chi connectivity index (χ1n) is 11.0. The molecule has 1 saturated heterocycles. The molecule has 0 aromatic heterocycles. The van der Waals surface area contributed by atoms with E-state index < -0.39 is 42.0 Å². The second kappa shape index (κ2) is 9.41. The van der Waals surface area contributed by atoms with E-state index in [-0.39, 0.29) is 11.3 Å². The molecule has 2 aliphatic rings. The number of carbonyl (C=O) groups is 3. The molecular weight excluding hydrogens is 440 g/mol. The molecule has 2 heterocycles. The Hall–Kier alpha value is -3.10. The quantitative estimate of drug-likeness (QED) is 0.585. The van der Waals surface area contributed by atoms with Crippen molar-refractivity contribution in [2.24, 2.45) is 0 Å². The normalized spacial score (nSPS) is 23.0. The number of piperidine rings is 1. The van der Waals surface area contributed by atoms with Crippen molar-refractivity contribution in [2.45, 2.75) is 56.8 Å². The number of thiocarbonyl (C=S) groups is 1. The molecule has 3 N–H and O–H groups in total. The zero-order valence-corrected chi connectivity index (χ0v) is 19.0. The number of hydrogen-bond acceptors (Lipinski definition) is 5. The van der Waals surface area contributed by atoms with Crippen molar-refractivity contribution >= 4 is 34.9 Å². The SMILES string of the molecule is C[C@H](O)C(=S)C(=O)N[C@H]1Cc2ccc(-c3ccccc3)cc2[C@H]2CCC[C@@H](C(=O)O)N2C1=O. The number of benzene rings is 2. The lowest BCUT2D eigenvalue weighted by Crippen LogP contribution is -2.56. The second-order valence-corrected chi connectivity index (χ2v) is 9.04. The maximum Gasteiger partial charge on any atom is 0.326 e. The van der Waals surface area contributed by atoms with E-state index in [1.54, 1.807) is 0 Å². The number of aliphatic carboxylic acids is 1. The van der Waals surface area contributed by atoms with Crippen LogP contribution in [0.4, 0.5) is 0 Å². The third-order valence-electron chi connectivity index (χ3n) is 6.41. The molecule has 2 aromatic rings. The zero-order valence-electron chi connectivity index (χ0n) is 18.2. The highest BCUT2D eigenvalue weighted by Crippen LogP contribution is 2.40. The fourth-order valence-electron chi connectivity index (χ4n) is 4.78. The average molecular weight is 467 g/mol. The Bertz CT molecular complexity index is 1100. The van der Waals surface area contributed by atoms with Crippen molar-refractivity contribution in [3.8, 4) is 11.1 Å². The summed E-state index contributed by atoms with van der Waals surface area (Å²) >= 11 is 4.99. The van der Waals surface area contributed by atoms with E-state index in [1.807, 2.05) is 48.5 Å². The number of hydrogen-bond donors (Lipinski definition) is 3. The van der Waals surface area contributed by atoms with Gasteiger partial charge in [-0.25, -0.2) is 4.79 Å². The van der Waals surface area contributed by atoms with Gasteiger partial charge < -0.3 is 20.4 Å². The van der Waals surface area contributed by atoms with Gasteiger partial charge >= 0.3 is 5.97 Å². The van der Waals surface area contributed by atoms with E-state index in [2.05, 4.69) is 5.32 Å². The summed E-state index contributed by atoms with van der Waals surface area (Å²) in [5.74, 6) is -2.19. The molecule has 2 aliphatic heterocycles. The Morgan fingerprint density at radius 1 is 1.12 bits per heavy atom. The summed E-state index contributed by atoms with van der Waals surface area (Å²) in [4.78, 5) is 39.4. The van der Waals surface area contributed by atoms with Gasteiger partial charge in [0.2, 0.25) is 5.91 Å². The first-order chi connectivity index (χ1) is 15.8. The minimum Gasteiger partial charge on any atom is -0.480 e. The molecule has 8 heteroatoms. The van der Waals surface area contributed by atoms with Gasteiger partial charge in [0.15, 0.2) is 0 Å². The monoisotopic (exact) mass is 466 g/mol. The van der Waals surface area contributed by atoms with Crippen LogP contribution in [-0.2, 0) is 20.8 Å². The minimum atomic E-state index is -1.13. The number of aliphatic hydroxyl groups is 1. The first kappa shape index (κ1) is 23.1. The van der Waals surface area contributed by atoms with E-state index in [1.165, 1.54) is 11.8 Å². The third kappa shape index (κ3) is 4.54. The molecule has 0 unspecified atom stereocenters. The van der Waals surface area contributed by atoms with Crippen LogP contribution in [0.1, 0.15) is 43.4 Å². The van der Waals surface area contributed by atoms with E-state index >= 15 is 0 Å². The van der Waals surface area contributed by atoms with Crippen LogP contribution in [0, 0.1) is 0 Å². The smallest absolute Gasteiger partial charge is 0.326 e. The fourth-order valence-corrected chi connectivity index (χ4v) is 4.83. The largest absolute Gasteiger partial charge is 0.480 e. The predicted octanol–water partition coefficient (Wildman–Crippen LogP) is 2.65. The molecule has 0 aliphatic carbocycles. The van der Waals surface area contributed by atoms with E-state index in [0.29, 0.717) is 19.3 Å². The number of carboxylic acids is 1. The number of nitrogens with zero attached hydrogens (tertiary/aromatic N) is 1. The van der Waals surface area contributed by atoms with Gasteiger partial charge in [-0.15, -0.1) is 0 Å². The molecule has 2 aromatic carbocycles. The highest BCUT2D eigenvalue weighted by Gasteiger charge is 2.44. The van der Waals surface area contributed by atoms with E-state index in [0.717, 1.165) is 22.3 Å². The van der Waals surface area contributed by atoms with Crippen molar-refractivity contribution in [1.82, 2.24) is 10.2 Å². The van der Waals surface area contributed by atoms with Crippen LogP contribution in [0.15, 0.2) is 48.5 Å².